The predicted molar refractivity (Wildman–Crippen MR) is 65.5 cm³/mol. The van der Waals surface area contributed by atoms with Crippen LogP contribution in [0.25, 0.3) is 0 Å². The van der Waals surface area contributed by atoms with E-state index in [0.29, 0.717) is 9.26 Å². The normalized spacial score (nSPS) is 10.7. The van der Waals surface area contributed by atoms with Gasteiger partial charge in [0.2, 0.25) is 0 Å². The van der Waals surface area contributed by atoms with Crippen molar-refractivity contribution < 1.29 is 18.3 Å². The number of methoxy groups -OCH3 is 1. The molecule has 0 aliphatic heterocycles. The number of hydrogen-bond acceptors (Lipinski definition) is 4. The maximum absolute atomic E-state index is 12.8. The summed E-state index contributed by atoms with van der Waals surface area (Å²) in [5.41, 5.74) is 5.88. The van der Waals surface area contributed by atoms with Gasteiger partial charge in [-0.1, -0.05) is 0 Å². The predicted octanol–water partition coefficient (Wildman–Crippen LogP) is 1.80. The number of pyridine rings is 1. The third-order valence-corrected chi connectivity index (χ3v) is 3.33. The fraction of sp³-hybridized carbons (Fsp3) is 0.400. The van der Waals surface area contributed by atoms with E-state index in [1.54, 1.807) is 22.6 Å². The summed E-state index contributed by atoms with van der Waals surface area (Å²) in [5.74, 6) is -0.526. The number of carbonyl (C=O) groups is 1. The first-order valence-electron chi connectivity index (χ1n) is 4.72. The van der Waals surface area contributed by atoms with Crippen molar-refractivity contribution in [3.05, 3.63) is 26.6 Å². The highest BCUT2D eigenvalue weighted by Crippen LogP contribution is 2.27. The second-order valence-electron chi connectivity index (χ2n) is 3.22. The SMILES string of the molecule is COC(=O)Cc1cc(C(F)F)c(I)c(CN)n1. The summed E-state index contributed by atoms with van der Waals surface area (Å²) in [6.45, 7) is 0.0486. The molecule has 1 aromatic heterocycles. The van der Waals surface area contributed by atoms with E-state index < -0.39 is 12.4 Å². The second kappa shape index (κ2) is 6.20. The lowest BCUT2D eigenvalue weighted by Gasteiger charge is -2.10. The molecule has 0 aromatic carbocycles. The van der Waals surface area contributed by atoms with E-state index in [9.17, 15) is 13.6 Å². The van der Waals surface area contributed by atoms with Crippen LogP contribution in [0, 0.1) is 3.57 Å². The van der Waals surface area contributed by atoms with Crippen LogP contribution < -0.4 is 5.73 Å². The van der Waals surface area contributed by atoms with Gasteiger partial charge in [-0.3, -0.25) is 9.78 Å². The van der Waals surface area contributed by atoms with Crippen molar-refractivity contribution in [2.45, 2.75) is 19.4 Å². The molecule has 0 saturated carbocycles. The Labute approximate surface area is 111 Å². The Bertz CT molecular complexity index is 427. The number of hydrogen-bond donors (Lipinski definition) is 1. The van der Waals surface area contributed by atoms with Crippen molar-refractivity contribution in [3.63, 3.8) is 0 Å². The minimum absolute atomic E-state index is 0.0486. The van der Waals surface area contributed by atoms with Crippen LogP contribution in [0.3, 0.4) is 0 Å². The number of aromatic nitrogens is 1. The fourth-order valence-corrected chi connectivity index (χ4v) is 2.00. The number of alkyl halides is 2. The highest BCUT2D eigenvalue weighted by Gasteiger charge is 2.18. The Kier molecular flexibility index (Phi) is 5.19. The molecule has 0 atom stereocenters. The van der Waals surface area contributed by atoms with Gasteiger partial charge >= 0.3 is 5.97 Å². The highest BCUT2D eigenvalue weighted by molar-refractivity contribution is 14.1. The van der Waals surface area contributed by atoms with Gasteiger partial charge in [0.15, 0.2) is 0 Å². The van der Waals surface area contributed by atoms with Crippen molar-refractivity contribution in [2.24, 2.45) is 5.73 Å². The van der Waals surface area contributed by atoms with Crippen LogP contribution in [0.15, 0.2) is 6.07 Å². The Morgan fingerprint density at radius 3 is 2.76 bits per heavy atom. The zero-order valence-corrected chi connectivity index (χ0v) is 11.2. The van der Waals surface area contributed by atoms with Gasteiger partial charge in [-0.2, -0.15) is 0 Å². The van der Waals surface area contributed by atoms with E-state index in [4.69, 9.17) is 5.73 Å². The summed E-state index contributed by atoms with van der Waals surface area (Å²) in [6, 6.07) is 1.21. The fourth-order valence-electron chi connectivity index (χ4n) is 1.27. The molecule has 0 spiro atoms. The lowest BCUT2D eigenvalue weighted by molar-refractivity contribution is -0.139. The monoisotopic (exact) mass is 356 g/mol. The summed E-state index contributed by atoms with van der Waals surface area (Å²) < 4.78 is 30.3. The van der Waals surface area contributed by atoms with Gasteiger partial charge in [0.25, 0.3) is 6.43 Å². The smallest absolute Gasteiger partial charge is 0.311 e. The lowest BCUT2D eigenvalue weighted by Crippen LogP contribution is -2.12. The first kappa shape index (κ1) is 14.2. The van der Waals surface area contributed by atoms with Gasteiger partial charge in [0, 0.05) is 15.7 Å². The third kappa shape index (κ3) is 3.56. The van der Waals surface area contributed by atoms with Crippen molar-refractivity contribution >= 4 is 28.6 Å². The standard InChI is InChI=1S/C10H11F2IN2O2/c1-17-8(16)3-5-2-6(10(11)12)9(13)7(4-14)15-5/h2,10H,3-4,14H2,1H3. The van der Waals surface area contributed by atoms with Crippen molar-refractivity contribution in [3.8, 4) is 0 Å². The minimum atomic E-state index is -2.62. The summed E-state index contributed by atoms with van der Waals surface area (Å²) >= 11 is 1.78. The van der Waals surface area contributed by atoms with Gasteiger partial charge in [0.1, 0.15) is 0 Å². The minimum Gasteiger partial charge on any atom is -0.469 e. The zero-order valence-electron chi connectivity index (χ0n) is 9.04. The first-order chi connectivity index (χ1) is 7.99. The number of nitrogens with two attached hydrogens (primary N) is 1. The molecule has 0 amide bonds. The topological polar surface area (TPSA) is 65.2 Å². The molecule has 94 valence electrons. The molecule has 0 unspecified atom stereocenters. The van der Waals surface area contributed by atoms with E-state index >= 15 is 0 Å². The average molecular weight is 356 g/mol. The lowest BCUT2D eigenvalue weighted by atomic mass is 10.1. The zero-order chi connectivity index (χ0) is 13.0. The van der Waals surface area contributed by atoms with E-state index in [2.05, 4.69) is 9.72 Å². The number of esters is 1. The molecule has 0 aliphatic carbocycles. The van der Waals surface area contributed by atoms with Crippen LogP contribution in [-0.2, 0) is 22.5 Å². The number of carbonyl (C=O) groups excluding carboxylic acids is 1. The molecule has 0 bridgehead atoms. The molecule has 0 aliphatic rings. The molecule has 0 saturated heterocycles. The van der Waals surface area contributed by atoms with Crippen molar-refractivity contribution in [1.82, 2.24) is 4.98 Å². The largest absolute Gasteiger partial charge is 0.469 e. The Balaban J connectivity index is 3.15. The number of halogens is 3. The Morgan fingerprint density at radius 1 is 1.65 bits per heavy atom. The third-order valence-electron chi connectivity index (χ3n) is 2.09. The maximum Gasteiger partial charge on any atom is 0.311 e. The summed E-state index contributed by atoms with van der Waals surface area (Å²) in [4.78, 5) is 15.1. The summed E-state index contributed by atoms with van der Waals surface area (Å²) in [6.07, 6.45) is -2.76. The molecule has 0 fully saturated rings. The molecule has 7 heteroatoms. The Morgan fingerprint density at radius 2 is 2.29 bits per heavy atom. The van der Waals surface area contributed by atoms with Gasteiger partial charge in [-0.05, 0) is 28.7 Å². The quantitative estimate of drug-likeness (QED) is 0.660. The maximum atomic E-state index is 12.8. The van der Waals surface area contributed by atoms with E-state index in [-0.39, 0.29) is 24.2 Å². The van der Waals surface area contributed by atoms with Crippen LogP contribution in [0.1, 0.15) is 23.4 Å². The Hall–Kier alpha value is -0.830. The van der Waals surface area contributed by atoms with Crippen LogP contribution in [0.2, 0.25) is 0 Å². The van der Waals surface area contributed by atoms with E-state index in [1.165, 1.54) is 13.2 Å². The van der Waals surface area contributed by atoms with Crippen molar-refractivity contribution in [2.75, 3.05) is 7.11 Å². The van der Waals surface area contributed by atoms with E-state index in [1.807, 2.05) is 0 Å². The van der Waals surface area contributed by atoms with Crippen LogP contribution in [0.4, 0.5) is 8.78 Å². The molecule has 2 N–H and O–H groups in total. The van der Waals surface area contributed by atoms with Gasteiger partial charge in [-0.15, -0.1) is 0 Å². The highest BCUT2D eigenvalue weighted by atomic mass is 127. The van der Waals surface area contributed by atoms with Gasteiger partial charge < -0.3 is 10.5 Å². The molecular formula is C10H11F2IN2O2. The molecule has 4 nitrogen and oxygen atoms in total. The number of rotatable bonds is 4. The van der Waals surface area contributed by atoms with Crippen LogP contribution in [-0.4, -0.2) is 18.1 Å². The molecule has 0 radical (unpaired) electrons. The molecular weight excluding hydrogens is 345 g/mol. The first-order valence-corrected chi connectivity index (χ1v) is 5.80. The van der Waals surface area contributed by atoms with E-state index in [0.717, 1.165) is 0 Å². The summed E-state index contributed by atoms with van der Waals surface area (Å²) in [7, 11) is 1.23. The molecule has 1 heterocycles. The molecule has 17 heavy (non-hydrogen) atoms. The molecule has 1 rings (SSSR count). The molecule has 1 aromatic rings. The number of nitrogens with zero attached hydrogens (tertiary/aromatic N) is 1. The van der Waals surface area contributed by atoms with Gasteiger partial charge in [0.05, 0.1) is 24.9 Å². The van der Waals surface area contributed by atoms with Crippen LogP contribution in [0.5, 0.6) is 0 Å². The average Bonchev–Trinajstić information content (AvgIpc) is 2.30. The van der Waals surface area contributed by atoms with Gasteiger partial charge in [-0.25, -0.2) is 8.78 Å². The second-order valence-corrected chi connectivity index (χ2v) is 4.30. The van der Waals surface area contributed by atoms with Crippen molar-refractivity contribution in [1.29, 1.82) is 0 Å². The van der Waals surface area contributed by atoms with Crippen LogP contribution >= 0.6 is 22.6 Å². The summed E-state index contributed by atoms with van der Waals surface area (Å²) in [5, 5.41) is 0. The number of ether oxygens (including phenoxy) is 1.